The monoisotopic (exact) mass is 402 g/mol. The minimum atomic E-state index is -4.51. The standard InChI is InChI=1S/C19H21F3N2O2.ClH/c1-12(2)26-17-5-3-4-13(8-17)9-18(25)24-16-7-14(11-23)6-15(10-16)19(20,21)22;/h3-8,10,12H,9,11,23H2,1-2H3,(H,24,25);1H. The van der Waals surface area contributed by atoms with Gasteiger partial charge in [0.2, 0.25) is 5.91 Å². The Kier molecular flexibility index (Phi) is 8.12. The second-order valence-corrected chi connectivity index (χ2v) is 6.16. The van der Waals surface area contributed by atoms with Crippen LogP contribution in [-0.2, 0) is 23.9 Å². The van der Waals surface area contributed by atoms with Crippen LogP contribution in [0.3, 0.4) is 0 Å². The first kappa shape index (κ1) is 22.8. The van der Waals surface area contributed by atoms with E-state index >= 15 is 0 Å². The van der Waals surface area contributed by atoms with E-state index in [0.717, 1.165) is 12.1 Å². The third-order valence-electron chi connectivity index (χ3n) is 3.47. The van der Waals surface area contributed by atoms with Crippen LogP contribution in [0, 0.1) is 0 Å². The van der Waals surface area contributed by atoms with Gasteiger partial charge in [0.05, 0.1) is 18.1 Å². The Bertz CT molecular complexity index is 780. The number of nitrogens with one attached hydrogen (secondary N) is 1. The molecule has 0 unspecified atom stereocenters. The van der Waals surface area contributed by atoms with Gasteiger partial charge in [-0.1, -0.05) is 12.1 Å². The Balaban J connectivity index is 0.00000364. The van der Waals surface area contributed by atoms with Crippen molar-refractivity contribution in [3.8, 4) is 5.75 Å². The van der Waals surface area contributed by atoms with Crippen LogP contribution in [0.2, 0.25) is 0 Å². The zero-order valence-electron chi connectivity index (χ0n) is 15.0. The molecule has 0 radical (unpaired) electrons. The number of halogens is 4. The SMILES string of the molecule is CC(C)Oc1cccc(CC(=O)Nc2cc(CN)cc(C(F)(F)F)c2)c1.Cl. The van der Waals surface area contributed by atoms with Gasteiger partial charge in [-0.25, -0.2) is 0 Å². The molecule has 0 bridgehead atoms. The fourth-order valence-corrected chi connectivity index (χ4v) is 2.44. The van der Waals surface area contributed by atoms with Gasteiger partial charge in [-0.05, 0) is 55.3 Å². The van der Waals surface area contributed by atoms with Gasteiger partial charge in [0.15, 0.2) is 0 Å². The Morgan fingerprint density at radius 3 is 2.44 bits per heavy atom. The first-order valence-corrected chi connectivity index (χ1v) is 8.14. The zero-order chi connectivity index (χ0) is 19.3. The van der Waals surface area contributed by atoms with Crippen molar-refractivity contribution in [1.29, 1.82) is 0 Å². The molecule has 0 aliphatic rings. The summed E-state index contributed by atoms with van der Waals surface area (Å²) in [7, 11) is 0. The lowest BCUT2D eigenvalue weighted by atomic mass is 10.1. The first-order valence-electron chi connectivity index (χ1n) is 8.14. The van der Waals surface area contributed by atoms with Gasteiger partial charge in [-0.15, -0.1) is 12.4 Å². The van der Waals surface area contributed by atoms with Crippen molar-refractivity contribution in [2.24, 2.45) is 5.73 Å². The molecule has 0 saturated carbocycles. The number of amides is 1. The summed E-state index contributed by atoms with van der Waals surface area (Å²) >= 11 is 0. The van der Waals surface area contributed by atoms with Crippen LogP contribution >= 0.6 is 12.4 Å². The zero-order valence-corrected chi connectivity index (χ0v) is 15.8. The second-order valence-electron chi connectivity index (χ2n) is 6.16. The van der Waals surface area contributed by atoms with Crippen LogP contribution in [0.15, 0.2) is 42.5 Å². The van der Waals surface area contributed by atoms with Gasteiger partial charge < -0.3 is 15.8 Å². The topological polar surface area (TPSA) is 64.3 Å². The summed E-state index contributed by atoms with van der Waals surface area (Å²) in [6.07, 6.45) is -4.49. The van der Waals surface area contributed by atoms with Crippen LogP contribution in [0.1, 0.15) is 30.5 Å². The molecule has 27 heavy (non-hydrogen) atoms. The molecule has 0 aliphatic heterocycles. The van der Waals surface area contributed by atoms with Gasteiger partial charge in [0.1, 0.15) is 5.75 Å². The van der Waals surface area contributed by atoms with Crippen molar-refractivity contribution in [3.05, 3.63) is 59.2 Å². The molecule has 0 heterocycles. The van der Waals surface area contributed by atoms with E-state index < -0.39 is 17.6 Å². The Hall–Kier alpha value is -2.25. The van der Waals surface area contributed by atoms with Gasteiger partial charge in [-0.2, -0.15) is 13.2 Å². The molecule has 8 heteroatoms. The lowest BCUT2D eigenvalue weighted by Crippen LogP contribution is -2.16. The highest BCUT2D eigenvalue weighted by atomic mass is 35.5. The number of hydrogen-bond donors (Lipinski definition) is 2. The van der Waals surface area contributed by atoms with Crippen molar-refractivity contribution in [3.63, 3.8) is 0 Å². The van der Waals surface area contributed by atoms with Crippen molar-refractivity contribution in [2.75, 3.05) is 5.32 Å². The van der Waals surface area contributed by atoms with E-state index in [4.69, 9.17) is 10.5 Å². The van der Waals surface area contributed by atoms with Gasteiger partial charge in [-0.3, -0.25) is 4.79 Å². The summed E-state index contributed by atoms with van der Waals surface area (Å²) in [5.41, 5.74) is 5.67. The predicted octanol–water partition coefficient (Wildman–Crippen LogP) is 4.55. The highest BCUT2D eigenvalue weighted by molar-refractivity contribution is 5.92. The molecular formula is C19H22ClF3N2O2. The lowest BCUT2D eigenvalue weighted by molar-refractivity contribution is -0.137. The maximum atomic E-state index is 12.9. The van der Waals surface area contributed by atoms with Gasteiger partial charge in [0.25, 0.3) is 0 Å². The number of nitrogens with two attached hydrogens (primary N) is 1. The van der Waals surface area contributed by atoms with E-state index in [-0.39, 0.29) is 37.2 Å². The van der Waals surface area contributed by atoms with Gasteiger partial charge >= 0.3 is 6.18 Å². The molecule has 0 fully saturated rings. The number of anilines is 1. The quantitative estimate of drug-likeness (QED) is 0.744. The van der Waals surface area contributed by atoms with Crippen LogP contribution in [0.4, 0.5) is 18.9 Å². The molecule has 3 N–H and O–H groups in total. The number of rotatable bonds is 6. The summed E-state index contributed by atoms with van der Waals surface area (Å²) in [6, 6.07) is 10.3. The molecule has 2 aromatic carbocycles. The Morgan fingerprint density at radius 2 is 1.85 bits per heavy atom. The van der Waals surface area contributed by atoms with Crippen LogP contribution in [-0.4, -0.2) is 12.0 Å². The van der Waals surface area contributed by atoms with Crippen LogP contribution in [0.25, 0.3) is 0 Å². The molecule has 0 spiro atoms. The molecule has 0 aliphatic carbocycles. The summed E-state index contributed by atoms with van der Waals surface area (Å²) < 4.78 is 44.4. The summed E-state index contributed by atoms with van der Waals surface area (Å²) in [5.74, 6) is 0.212. The minimum Gasteiger partial charge on any atom is -0.491 e. The van der Waals surface area contributed by atoms with Crippen molar-refractivity contribution in [1.82, 2.24) is 0 Å². The smallest absolute Gasteiger partial charge is 0.416 e. The second kappa shape index (κ2) is 9.62. The molecule has 0 atom stereocenters. The molecule has 0 saturated heterocycles. The number of benzene rings is 2. The van der Waals surface area contributed by atoms with E-state index in [1.807, 2.05) is 13.8 Å². The van der Waals surface area contributed by atoms with Crippen molar-refractivity contribution in [2.45, 2.75) is 39.1 Å². The molecule has 148 valence electrons. The van der Waals surface area contributed by atoms with Crippen molar-refractivity contribution < 1.29 is 22.7 Å². The fourth-order valence-electron chi connectivity index (χ4n) is 2.44. The molecule has 2 aromatic rings. The number of ether oxygens (including phenoxy) is 1. The van der Waals surface area contributed by atoms with Crippen LogP contribution < -0.4 is 15.8 Å². The highest BCUT2D eigenvalue weighted by Gasteiger charge is 2.31. The first-order chi connectivity index (χ1) is 12.2. The number of carbonyl (C=O) groups is 1. The van der Waals surface area contributed by atoms with E-state index in [0.29, 0.717) is 16.9 Å². The Morgan fingerprint density at radius 1 is 1.15 bits per heavy atom. The molecule has 0 aromatic heterocycles. The van der Waals surface area contributed by atoms with Gasteiger partial charge in [0, 0.05) is 12.2 Å². The van der Waals surface area contributed by atoms with E-state index in [2.05, 4.69) is 5.32 Å². The molecule has 4 nitrogen and oxygen atoms in total. The highest BCUT2D eigenvalue weighted by Crippen LogP contribution is 2.32. The summed E-state index contributed by atoms with van der Waals surface area (Å²) in [5, 5.41) is 2.50. The normalized spacial score (nSPS) is 11.1. The fraction of sp³-hybridized carbons (Fsp3) is 0.316. The van der Waals surface area contributed by atoms with Crippen LogP contribution in [0.5, 0.6) is 5.75 Å². The number of carbonyl (C=O) groups excluding carboxylic acids is 1. The van der Waals surface area contributed by atoms with E-state index in [1.165, 1.54) is 6.07 Å². The maximum absolute atomic E-state index is 12.9. The van der Waals surface area contributed by atoms with E-state index in [9.17, 15) is 18.0 Å². The summed E-state index contributed by atoms with van der Waals surface area (Å²) in [4.78, 5) is 12.2. The molecular weight excluding hydrogens is 381 g/mol. The largest absolute Gasteiger partial charge is 0.491 e. The van der Waals surface area contributed by atoms with E-state index in [1.54, 1.807) is 24.3 Å². The molecule has 2 rings (SSSR count). The Labute approximate surface area is 162 Å². The third kappa shape index (κ3) is 7.11. The van der Waals surface area contributed by atoms with Crippen molar-refractivity contribution >= 4 is 24.0 Å². The minimum absolute atomic E-state index is 0. The third-order valence-corrected chi connectivity index (χ3v) is 3.47. The average molecular weight is 403 g/mol. The maximum Gasteiger partial charge on any atom is 0.416 e. The number of hydrogen-bond acceptors (Lipinski definition) is 3. The lowest BCUT2D eigenvalue weighted by Gasteiger charge is -2.13. The summed E-state index contributed by atoms with van der Waals surface area (Å²) in [6.45, 7) is 3.73. The molecule has 1 amide bonds. The average Bonchev–Trinajstić information content (AvgIpc) is 2.53. The predicted molar refractivity (Wildman–Crippen MR) is 101 cm³/mol. The number of alkyl halides is 3.